The fourth-order valence-corrected chi connectivity index (χ4v) is 4.75. The zero-order valence-electron chi connectivity index (χ0n) is 15.9. The lowest BCUT2D eigenvalue weighted by atomic mass is 10.1. The maximum atomic E-state index is 12.8. The number of benzene rings is 2. The highest BCUT2D eigenvalue weighted by Gasteiger charge is 2.21. The molecule has 3 aromatic rings. The third-order valence-corrected chi connectivity index (χ3v) is 6.48. The minimum absolute atomic E-state index is 0. The van der Waals surface area contributed by atoms with Gasteiger partial charge < -0.3 is 14.6 Å². The smallest absolute Gasteiger partial charge is 0.270 e. The Morgan fingerprint density at radius 1 is 1.16 bits per heavy atom. The lowest BCUT2D eigenvalue weighted by molar-refractivity contribution is -0.384. The standard InChI is InChI=1S/C18H17N3O7S2.CH4/c1-27-14-7-6-13(9-15(14)28-2)30(25,26)20-18-19-17(16(10-22)29-18)11-4-3-5-12(8-11)21(23)24;/h3-9,22H,10H2,1-2H3,(H,19,20);1H4. The van der Waals surface area contributed by atoms with Gasteiger partial charge in [-0.2, -0.15) is 0 Å². The van der Waals surface area contributed by atoms with E-state index in [0.29, 0.717) is 16.2 Å². The van der Waals surface area contributed by atoms with Crippen LogP contribution in [0.2, 0.25) is 0 Å². The van der Waals surface area contributed by atoms with Crippen LogP contribution in [0.15, 0.2) is 47.4 Å². The molecule has 0 radical (unpaired) electrons. The zero-order valence-corrected chi connectivity index (χ0v) is 17.5. The number of thiazole rings is 1. The van der Waals surface area contributed by atoms with Crippen molar-refractivity contribution in [2.45, 2.75) is 18.9 Å². The SMILES string of the molecule is C.COc1ccc(S(=O)(=O)Nc2nc(-c3cccc([N+](=O)[O-])c3)c(CO)s2)cc1OC. The molecule has 0 unspecified atom stereocenters. The van der Waals surface area contributed by atoms with Crippen molar-refractivity contribution in [1.29, 1.82) is 0 Å². The van der Waals surface area contributed by atoms with Gasteiger partial charge in [-0.3, -0.25) is 14.8 Å². The summed E-state index contributed by atoms with van der Waals surface area (Å²) in [6, 6.07) is 9.84. The predicted octanol–water partition coefficient (Wildman–Crippen LogP) is 3.66. The monoisotopic (exact) mass is 467 g/mol. The number of nitrogens with one attached hydrogen (secondary N) is 1. The van der Waals surface area contributed by atoms with Crippen LogP contribution in [-0.4, -0.2) is 37.7 Å². The van der Waals surface area contributed by atoms with Gasteiger partial charge in [0.15, 0.2) is 16.6 Å². The first-order valence-electron chi connectivity index (χ1n) is 8.39. The molecule has 166 valence electrons. The van der Waals surface area contributed by atoms with Crippen LogP contribution < -0.4 is 14.2 Å². The minimum Gasteiger partial charge on any atom is -0.493 e. The van der Waals surface area contributed by atoms with Crippen LogP contribution in [0, 0.1) is 10.1 Å². The Kier molecular flexibility index (Phi) is 7.55. The van der Waals surface area contributed by atoms with Crippen LogP contribution in [0.3, 0.4) is 0 Å². The number of aliphatic hydroxyl groups is 1. The van der Waals surface area contributed by atoms with E-state index in [-0.39, 0.29) is 34.6 Å². The van der Waals surface area contributed by atoms with Crippen molar-refractivity contribution in [2.24, 2.45) is 0 Å². The van der Waals surface area contributed by atoms with Crippen LogP contribution in [0.25, 0.3) is 11.3 Å². The van der Waals surface area contributed by atoms with E-state index >= 15 is 0 Å². The number of sulfonamides is 1. The van der Waals surface area contributed by atoms with Crippen molar-refractivity contribution in [1.82, 2.24) is 4.98 Å². The van der Waals surface area contributed by atoms with E-state index in [1.165, 1.54) is 50.6 Å². The van der Waals surface area contributed by atoms with Gasteiger partial charge in [0, 0.05) is 23.8 Å². The molecule has 12 heteroatoms. The Hall–Kier alpha value is -3.22. The lowest BCUT2D eigenvalue weighted by Gasteiger charge is -2.10. The molecule has 2 N–H and O–H groups in total. The van der Waals surface area contributed by atoms with Gasteiger partial charge in [0.05, 0.1) is 41.2 Å². The summed E-state index contributed by atoms with van der Waals surface area (Å²) < 4.78 is 38.1. The number of hydrogen-bond acceptors (Lipinski definition) is 9. The summed E-state index contributed by atoms with van der Waals surface area (Å²) in [4.78, 5) is 15.0. The second-order valence-corrected chi connectivity index (χ2v) is 8.64. The van der Waals surface area contributed by atoms with E-state index in [1.807, 2.05) is 0 Å². The fourth-order valence-electron chi connectivity index (χ4n) is 2.65. The average molecular weight is 468 g/mol. The summed E-state index contributed by atoms with van der Waals surface area (Å²) in [5.74, 6) is 0.620. The van der Waals surface area contributed by atoms with E-state index < -0.39 is 21.6 Å². The van der Waals surface area contributed by atoms with Gasteiger partial charge in [-0.05, 0) is 12.1 Å². The van der Waals surface area contributed by atoms with E-state index in [1.54, 1.807) is 6.07 Å². The van der Waals surface area contributed by atoms with Crippen LogP contribution >= 0.6 is 11.3 Å². The van der Waals surface area contributed by atoms with Crippen molar-refractivity contribution >= 4 is 32.2 Å². The van der Waals surface area contributed by atoms with E-state index in [4.69, 9.17) is 9.47 Å². The molecule has 0 fully saturated rings. The lowest BCUT2D eigenvalue weighted by Crippen LogP contribution is -2.13. The van der Waals surface area contributed by atoms with Crippen molar-refractivity contribution in [3.63, 3.8) is 0 Å². The van der Waals surface area contributed by atoms with E-state index in [0.717, 1.165) is 11.3 Å². The number of rotatable bonds is 8. The van der Waals surface area contributed by atoms with Crippen molar-refractivity contribution in [3.8, 4) is 22.8 Å². The number of anilines is 1. The van der Waals surface area contributed by atoms with Gasteiger partial charge in [0.2, 0.25) is 0 Å². The molecule has 10 nitrogen and oxygen atoms in total. The second kappa shape index (κ2) is 9.73. The van der Waals surface area contributed by atoms with Crippen LogP contribution in [0.1, 0.15) is 12.3 Å². The molecule has 0 saturated carbocycles. The molecule has 2 aromatic carbocycles. The van der Waals surface area contributed by atoms with Crippen LogP contribution in [0.5, 0.6) is 11.5 Å². The number of ether oxygens (including phenoxy) is 2. The maximum absolute atomic E-state index is 12.8. The summed E-state index contributed by atoms with van der Waals surface area (Å²) in [6.45, 7) is -0.409. The van der Waals surface area contributed by atoms with Gasteiger partial charge in [-0.15, -0.1) is 0 Å². The highest BCUT2D eigenvalue weighted by molar-refractivity contribution is 7.93. The Morgan fingerprint density at radius 3 is 2.48 bits per heavy atom. The quantitative estimate of drug-likeness (QED) is 0.378. The molecule has 0 aliphatic carbocycles. The first-order chi connectivity index (χ1) is 14.3. The van der Waals surface area contributed by atoms with Gasteiger partial charge in [-0.25, -0.2) is 13.4 Å². The van der Waals surface area contributed by atoms with Crippen LogP contribution in [0.4, 0.5) is 10.8 Å². The predicted molar refractivity (Wildman–Crippen MR) is 117 cm³/mol. The number of aliphatic hydroxyl groups excluding tert-OH is 1. The Morgan fingerprint density at radius 2 is 1.87 bits per heavy atom. The largest absolute Gasteiger partial charge is 0.493 e. The van der Waals surface area contributed by atoms with Crippen LogP contribution in [-0.2, 0) is 16.6 Å². The molecule has 0 saturated heterocycles. The first-order valence-corrected chi connectivity index (χ1v) is 10.7. The summed E-state index contributed by atoms with van der Waals surface area (Å²) in [5, 5.41) is 20.7. The fraction of sp³-hybridized carbons (Fsp3) is 0.211. The summed E-state index contributed by atoms with van der Waals surface area (Å²) in [6.07, 6.45) is 0. The van der Waals surface area contributed by atoms with Crippen molar-refractivity contribution in [2.75, 3.05) is 18.9 Å². The Balaban J connectivity index is 0.00000341. The zero-order chi connectivity index (χ0) is 21.9. The molecule has 0 bridgehead atoms. The van der Waals surface area contributed by atoms with Crippen molar-refractivity contribution < 1.29 is 27.9 Å². The number of nitro benzene ring substituents is 1. The number of non-ortho nitro benzene ring substituents is 1. The average Bonchev–Trinajstić information content (AvgIpc) is 3.15. The molecule has 0 aliphatic heterocycles. The molecule has 0 aliphatic rings. The molecular weight excluding hydrogens is 446 g/mol. The van der Waals surface area contributed by atoms with E-state index in [9.17, 15) is 23.6 Å². The minimum atomic E-state index is -4.01. The molecule has 31 heavy (non-hydrogen) atoms. The van der Waals surface area contributed by atoms with Gasteiger partial charge in [0.1, 0.15) is 0 Å². The number of aromatic nitrogens is 1. The number of nitrogens with zero attached hydrogens (tertiary/aromatic N) is 2. The van der Waals surface area contributed by atoms with E-state index in [2.05, 4.69) is 9.71 Å². The second-order valence-electron chi connectivity index (χ2n) is 5.88. The molecule has 1 heterocycles. The molecule has 0 spiro atoms. The summed E-state index contributed by atoms with van der Waals surface area (Å²) in [7, 11) is -1.19. The normalized spacial score (nSPS) is 10.8. The molecule has 1 aromatic heterocycles. The molecule has 3 rings (SSSR count). The van der Waals surface area contributed by atoms with Gasteiger partial charge in [-0.1, -0.05) is 30.9 Å². The maximum Gasteiger partial charge on any atom is 0.270 e. The van der Waals surface area contributed by atoms with Gasteiger partial charge in [0.25, 0.3) is 15.7 Å². The third-order valence-electron chi connectivity index (χ3n) is 4.06. The van der Waals surface area contributed by atoms with Crippen molar-refractivity contribution in [3.05, 3.63) is 57.5 Å². The Labute approximate surface area is 183 Å². The summed E-state index contributed by atoms with van der Waals surface area (Å²) >= 11 is 0.931. The highest BCUT2D eigenvalue weighted by atomic mass is 32.2. The summed E-state index contributed by atoms with van der Waals surface area (Å²) in [5.41, 5.74) is 0.508. The highest BCUT2D eigenvalue weighted by Crippen LogP contribution is 2.35. The third kappa shape index (κ3) is 5.10. The number of hydrogen-bond donors (Lipinski definition) is 2. The molecule has 0 amide bonds. The topological polar surface area (TPSA) is 141 Å². The molecule has 0 atom stereocenters. The molecular formula is C19H21N3O7S2. The number of nitro groups is 1. The Bertz CT molecular complexity index is 1190. The first kappa shape index (κ1) is 24.1. The number of methoxy groups -OCH3 is 2. The van der Waals surface area contributed by atoms with Gasteiger partial charge >= 0.3 is 0 Å².